The molecule has 0 aromatic heterocycles. The molecule has 2 aromatic carbocycles. The van der Waals surface area contributed by atoms with Gasteiger partial charge in [0.2, 0.25) is 11.8 Å². The molecule has 12 heteroatoms. The Balaban J connectivity index is 2.71. The van der Waals surface area contributed by atoms with Crippen molar-refractivity contribution in [2.24, 2.45) is 5.92 Å². The predicted octanol–water partition coefficient (Wildman–Crippen LogP) is 7.41. The molecular formula is C42H63N3O8S. The van der Waals surface area contributed by atoms with Gasteiger partial charge in [-0.1, -0.05) is 58.0 Å². The lowest BCUT2D eigenvalue weighted by atomic mass is 9.76. The van der Waals surface area contributed by atoms with E-state index in [0.717, 1.165) is 16.9 Å². The molecule has 3 atom stereocenters. The van der Waals surface area contributed by atoms with Crippen molar-refractivity contribution < 1.29 is 38.1 Å². The predicted molar refractivity (Wildman–Crippen MR) is 216 cm³/mol. The fourth-order valence-corrected chi connectivity index (χ4v) is 7.16. The summed E-state index contributed by atoms with van der Waals surface area (Å²) in [5.41, 5.74) is 0.368. The lowest BCUT2D eigenvalue weighted by Gasteiger charge is -2.43. The summed E-state index contributed by atoms with van der Waals surface area (Å²) in [6.45, 7) is 20.4. The van der Waals surface area contributed by atoms with E-state index in [1.807, 2.05) is 77.9 Å². The van der Waals surface area contributed by atoms with Gasteiger partial charge in [-0.3, -0.25) is 14.5 Å². The average molecular weight is 770 g/mol. The number of rotatable bonds is 17. The quantitative estimate of drug-likeness (QED) is 0.130. The van der Waals surface area contributed by atoms with Crippen molar-refractivity contribution in [2.75, 3.05) is 34.9 Å². The van der Waals surface area contributed by atoms with Crippen molar-refractivity contribution in [3.63, 3.8) is 0 Å². The maximum Gasteiger partial charge on any atom is 0.410 e. The van der Waals surface area contributed by atoms with Crippen molar-refractivity contribution in [3.05, 3.63) is 71.3 Å². The first-order valence-electron chi connectivity index (χ1n) is 18.3. The number of benzene rings is 2. The van der Waals surface area contributed by atoms with E-state index in [9.17, 15) is 19.2 Å². The summed E-state index contributed by atoms with van der Waals surface area (Å²) < 4.78 is 20.8. The molecule has 0 heterocycles. The van der Waals surface area contributed by atoms with Gasteiger partial charge in [0.05, 0.1) is 26.9 Å². The maximum atomic E-state index is 14.9. The van der Waals surface area contributed by atoms with Gasteiger partial charge >= 0.3 is 12.1 Å². The fourth-order valence-electron chi connectivity index (χ4n) is 6.11. The second-order valence-electron chi connectivity index (χ2n) is 15.9. The zero-order valence-corrected chi connectivity index (χ0v) is 35.8. The van der Waals surface area contributed by atoms with Crippen LogP contribution in [-0.4, -0.2) is 97.1 Å². The van der Waals surface area contributed by atoms with Crippen molar-refractivity contribution in [1.29, 1.82) is 0 Å². The summed E-state index contributed by atoms with van der Waals surface area (Å²) in [5, 5.41) is 3.12. The van der Waals surface area contributed by atoms with Gasteiger partial charge in [0.1, 0.15) is 29.2 Å². The minimum atomic E-state index is -1.12. The Kier molecular flexibility index (Phi) is 16.5. The third kappa shape index (κ3) is 12.4. The number of amides is 3. The van der Waals surface area contributed by atoms with E-state index >= 15 is 0 Å². The van der Waals surface area contributed by atoms with Crippen LogP contribution in [0.3, 0.4) is 0 Å². The van der Waals surface area contributed by atoms with E-state index in [0.29, 0.717) is 17.1 Å². The third-order valence-corrected chi connectivity index (χ3v) is 10.8. The van der Waals surface area contributed by atoms with Gasteiger partial charge < -0.3 is 29.2 Å². The van der Waals surface area contributed by atoms with Crippen LogP contribution < -0.4 is 14.8 Å². The smallest absolute Gasteiger partial charge is 0.410 e. The van der Waals surface area contributed by atoms with Gasteiger partial charge in [0.15, 0.2) is 0 Å². The molecule has 3 amide bonds. The lowest BCUT2D eigenvalue weighted by Crippen LogP contribution is -2.64. The van der Waals surface area contributed by atoms with Gasteiger partial charge in [-0.2, -0.15) is 0 Å². The van der Waals surface area contributed by atoms with Crippen LogP contribution >= 0.6 is 11.8 Å². The number of methoxy groups -OCH3 is 2. The first kappa shape index (κ1) is 46.0. The van der Waals surface area contributed by atoms with E-state index in [-0.39, 0.29) is 18.4 Å². The standard InChI is InChI=1S/C42H63N3O8S/c1-16-52-38(48)28(4)25-33(27(2)3)44(12)37(47)34(42(10,11)54-26-29-17-21-31(50-14)22-18-29)43-36(46)35(45(13)39(49)53-40(5,6)7)41(8,9)30-19-23-32(51-15)24-20-30/h17-25,27,33-35H,16,26H2,1-15H3,(H,43,46)/t33-,34-,35-/m1/s1. The zero-order chi connectivity index (χ0) is 41.2. The summed E-state index contributed by atoms with van der Waals surface area (Å²) in [4.78, 5) is 58.9. The van der Waals surface area contributed by atoms with Crippen LogP contribution in [0.1, 0.15) is 87.3 Å². The Bertz CT molecular complexity index is 1600. The molecule has 0 saturated heterocycles. The number of esters is 1. The average Bonchev–Trinajstić information content (AvgIpc) is 3.10. The van der Waals surface area contributed by atoms with Crippen molar-refractivity contribution in [2.45, 2.75) is 116 Å². The number of carbonyl (C=O) groups excluding carboxylic acids is 4. The van der Waals surface area contributed by atoms with E-state index in [1.54, 1.807) is 79.0 Å². The molecule has 2 rings (SSSR count). The topological polar surface area (TPSA) is 124 Å². The Morgan fingerprint density at radius 2 is 1.35 bits per heavy atom. The molecule has 0 spiro atoms. The van der Waals surface area contributed by atoms with Crippen LogP contribution in [0.15, 0.2) is 60.2 Å². The van der Waals surface area contributed by atoms with E-state index in [4.69, 9.17) is 18.9 Å². The minimum Gasteiger partial charge on any atom is -0.497 e. The van der Waals surface area contributed by atoms with Crippen LogP contribution in [0.5, 0.6) is 11.5 Å². The second kappa shape index (κ2) is 19.4. The highest BCUT2D eigenvalue weighted by molar-refractivity contribution is 7.99. The maximum absolute atomic E-state index is 14.9. The van der Waals surface area contributed by atoms with Crippen molar-refractivity contribution in [1.82, 2.24) is 15.1 Å². The SMILES string of the molecule is CCOC(=O)C(C)=C[C@H](C(C)C)N(C)C(=O)[C@@H](NC(=O)[C@@H](N(C)C(=O)OC(C)(C)C)C(C)(C)c1ccc(OC)cc1)C(C)(C)SCc1ccc(OC)cc1. The summed E-state index contributed by atoms with van der Waals surface area (Å²) in [7, 11) is 6.40. The molecule has 1 N–H and O–H groups in total. The van der Waals surface area contributed by atoms with Crippen LogP contribution in [0.2, 0.25) is 0 Å². The number of nitrogens with zero attached hydrogens (tertiary/aromatic N) is 2. The van der Waals surface area contributed by atoms with Gasteiger partial charge in [0.25, 0.3) is 0 Å². The van der Waals surface area contributed by atoms with Gasteiger partial charge in [-0.05, 0) is 89.8 Å². The molecule has 2 aromatic rings. The number of hydrogen-bond donors (Lipinski definition) is 1. The molecule has 0 radical (unpaired) electrons. The summed E-state index contributed by atoms with van der Waals surface area (Å²) in [5.74, 6) is 0.473. The molecule has 0 aliphatic carbocycles. The number of thioether (sulfide) groups is 1. The van der Waals surface area contributed by atoms with Crippen LogP contribution in [0, 0.1) is 5.92 Å². The van der Waals surface area contributed by atoms with Crippen LogP contribution in [0.25, 0.3) is 0 Å². The van der Waals surface area contributed by atoms with Gasteiger partial charge in [-0.25, -0.2) is 9.59 Å². The highest BCUT2D eigenvalue weighted by atomic mass is 32.2. The van der Waals surface area contributed by atoms with Gasteiger partial charge in [-0.15, -0.1) is 11.8 Å². The zero-order valence-electron chi connectivity index (χ0n) is 35.0. The minimum absolute atomic E-state index is 0.0881. The third-order valence-electron chi connectivity index (χ3n) is 9.33. The fraction of sp³-hybridized carbons (Fsp3) is 0.571. The molecule has 0 aliphatic rings. The second-order valence-corrected chi connectivity index (χ2v) is 17.5. The lowest BCUT2D eigenvalue weighted by molar-refractivity contribution is -0.140. The van der Waals surface area contributed by atoms with Crippen molar-refractivity contribution >= 4 is 35.6 Å². The molecule has 0 bridgehead atoms. The van der Waals surface area contributed by atoms with Crippen LogP contribution in [0.4, 0.5) is 4.79 Å². The molecule has 0 aliphatic heterocycles. The van der Waals surface area contributed by atoms with Gasteiger partial charge in [0, 0.05) is 35.6 Å². The Morgan fingerprint density at radius 3 is 1.81 bits per heavy atom. The molecule has 54 heavy (non-hydrogen) atoms. The molecule has 0 saturated carbocycles. The first-order chi connectivity index (χ1) is 25.0. The van der Waals surface area contributed by atoms with Crippen molar-refractivity contribution in [3.8, 4) is 11.5 Å². The highest BCUT2D eigenvalue weighted by Gasteiger charge is 2.47. The monoisotopic (exact) mass is 769 g/mol. The highest BCUT2D eigenvalue weighted by Crippen LogP contribution is 2.36. The Labute approximate surface area is 327 Å². The molecule has 0 fully saturated rings. The molecule has 300 valence electrons. The van der Waals surface area contributed by atoms with E-state index < -0.39 is 51.9 Å². The summed E-state index contributed by atoms with van der Waals surface area (Å²) in [6, 6.07) is 12.3. The van der Waals surface area contributed by atoms with E-state index in [1.165, 1.54) is 23.7 Å². The number of ether oxygens (including phenoxy) is 4. The molecule has 0 unspecified atom stereocenters. The molecule has 11 nitrogen and oxygen atoms in total. The Hall–Kier alpha value is -4.19. The number of hydrogen-bond acceptors (Lipinski definition) is 9. The first-order valence-corrected chi connectivity index (χ1v) is 19.3. The Morgan fingerprint density at radius 1 is 0.833 bits per heavy atom. The number of carbonyl (C=O) groups is 4. The molecular weight excluding hydrogens is 707 g/mol. The normalized spacial score (nSPS) is 14.0. The van der Waals surface area contributed by atoms with Crippen LogP contribution in [-0.2, 0) is 35.0 Å². The summed E-state index contributed by atoms with van der Waals surface area (Å²) in [6.07, 6.45) is 1.06. The van der Waals surface area contributed by atoms with E-state index in [2.05, 4.69) is 5.32 Å². The number of likely N-dealkylation sites (N-methyl/N-ethyl adjacent to an activating group) is 2. The number of nitrogens with one attached hydrogen (secondary N) is 1. The largest absolute Gasteiger partial charge is 0.497 e. The summed E-state index contributed by atoms with van der Waals surface area (Å²) >= 11 is 1.52.